The molecule has 1 heterocycles. The molecule has 0 spiro atoms. The Kier molecular flexibility index (Phi) is 3.69. The maximum absolute atomic E-state index is 12.0. The lowest BCUT2D eigenvalue weighted by Crippen LogP contribution is -2.43. The number of imide groups is 3. The minimum atomic E-state index is -4.49. The first-order valence-corrected chi connectivity index (χ1v) is 5.80. The number of carbonyl (C=O) groups excluding carboxylic acids is 3. The summed E-state index contributed by atoms with van der Waals surface area (Å²) in [6, 6.07) is 4.15. The molecule has 3 N–H and O–H groups in total. The molecule has 0 saturated carbocycles. The fourth-order valence-electron chi connectivity index (χ4n) is 1.93. The van der Waals surface area contributed by atoms with Crippen LogP contribution in [0.3, 0.4) is 0 Å². The van der Waals surface area contributed by atoms with Gasteiger partial charge in [-0.15, -0.1) is 0 Å². The highest BCUT2D eigenvalue weighted by molar-refractivity contribution is 6.30. The van der Waals surface area contributed by atoms with E-state index in [0.29, 0.717) is 4.90 Å². The number of nitrogens with one attached hydrogen (secondary N) is 1. The van der Waals surface area contributed by atoms with E-state index in [-0.39, 0.29) is 16.8 Å². The minimum Gasteiger partial charge on any atom is -0.398 e. The molecule has 0 saturated heterocycles. The van der Waals surface area contributed by atoms with Crippen LogP contribution >= 0.6 is 0 Å². The quantitative estimate of drug-likeness (QED) is 0.628. The second kappa shape index (κ2) is 5.17. The first-order chi connectivity index (χ1) is 9.72. The van der Waals surface area contributed by atoms with Gasteiger partial charge >= 0.3 is 6.18 Å². The molecule has 0 atom stereocenters. The van der Waals surface area contributed by atoms with Crippen molar-refractivity contribution in [3.63, 3.8) is 0 Å². The number of fused-ring (bicyclic) bond motifs is 1. The van der Waals surface area contributed by atoms with Crippen molar-refractivity contribution < 1.29 is 27.6 Å². The van der Waals surface area contributed by atoms with Crippen LogP contribution in [-0.2, 0) is 4.79 Å². The van der Waals surface area contributed by atoms with Gasteiger partial charge in [-0.2, -0.15) is 13.2 Å². The number of nitrogens with two attached hydrogens (primary N) is 1. The monoisotopic (exact) mass is 301 g/mol. The van der Waals surface area contributed by atoms with Crippen LogP contribution in [0.2, 0.25) is 0 Å². The van der Waals surface area contributed by atoms with Crippen LogP contribution in [0.5, 0.6) is 0 Å². The Balaban J connectivity index is 2.13. The molecule has 1 aromatic carbocycles. The minimum absolute atomic E-state index is 0.0319. The van der Waals surface area contributed by atoms with Crippen LogP contribution in [-0.4, -0.2) is 41.9 Å². The van der Waals surface area contributed by atoms with Gasteiger partial charge in [-0.3, -0.25) is 14.4 Å². The zero-order valence-corrected chi connectivity index (χ0v) is 10.5. The second-order valence-corrected chi connectivity index (χ2v) is 4.33. The zero-order chi connectivity index (χ0) is 15.8. The van der Waals surface area contributed by atoms with Gasteiger partial charge in [-0.25, -0.2) is 4.90 Å². The van der Waals surface area contributed by atoms with Crippen LogP contribution in [0.1, 0.15) is 20.7 Å². The highest BCUT2D eigenvalue weighted by atomic mass is 19.4. The normalized spacial score (nSPS) is 14.5. The first kappa shape index (κ1) is 15.0. The Morgan fingerprint density at radius 1 is 1.24 bits per heavy atom. The summed E-state index contributed by atoms with van der Waals surface area (Å²) in [4.78, 5) is 36.0. The SMILES string of the molecule is Nc1cccc2c1C(=O)N(C(=O)CNCC(F)(F)F)C2=O. The summed E-state index contributed by atoms with van der Waals surface area (Å²) in [6.07, 6.45) is -4.49. The van der Waals surface area contributed by atoms with E-state index in [4.69, 9.17) is 5.73 Å². The Hall–Kier alpha value is -2.42. The van der Waals surface area contributed by atoms with Crippen molar-refractivity contribution in [3.05, 3.63) is 29.3 Å². The third kappa shape index (κ3) is 2.87. The molecule has 1 aliphatic rings. The van der Waals surface area contributed by atoms with E-state index in [0.717, 1.165) is 0 Å². The average molecular weight is 301 g/mol. The van der Waals surface area contributed by atoms with Crippen molar-refractivity contribution in [3.8, 4) is 0 Å². The predicted octanol–water partition coefficient (Wildman–Crippen LogP) is 0.543. The lowest BCUT2D eigenvalue weighted by atomic mass is 10.1. The third-order valence-corrected chi connectivity index (χ3v) is 2.80. The number of anilines is 1. The summed E-state index contributed by atoms with van der Waals surface area (Å²) in [5, 5.41) is 1.83. The number of carbonyl (C=O) groups is 3. The van der Waals surface area contributed by atoms with E-state index < -0.39 is 37.0 Å². The molecule has 0 unspecified atom stereocenters. The number of benzene rings is 1. The number of halogens is 3. The predicted molar refractivity (Wildman–Crippen MR) is 65.3 cm³/mol. The third-order valence-electron chi connectivity index (χ3n) is 2.80. The molecule has 0 aromatic heterocycles. The van der Waals surface area contributed by atoms with Crippen molar-refractivity contribution in [2.75, 3.05) is 18.8 Å². The van der Waals surface area contributed by atoms with Gasteiger partial charge in [0.2, 0.25) is 0 Å². The molecular weight excluding hydrogens is 291 g/mol. The molecule has 3 amide bonds. The van der Waals surface area contributed by atoms with Gasteiger partial charge in [0.1, 0.15) is 0 Å². The number of hydrogen-bond acceptors (Lipinski definition) is 5. The van der Waals surface area contributed by atoms with Crippen molar-refractivity contribution in [2.45, 2.75) is 6.18 Å². The molecule has 2 rings (SSSR count). The van der Waals surface area contributed by atoms with Gasteiger partial charge in [-0.05, 0) is 12.1 Å². The fourth-order valence-corrected chi connectivity index (χ4v) is 1.93. The standard InChI is InChI=1S/C12H10F3N3O3/c13-12(14,15)5-17-4-8(19)18-10(20)6-2-1-3-7(16)9(6)11(18)21/h1-3,17H,4-5,16H2. The lowest BCUT2D eigenvalue weighted by Gasteiger charge is -2.13. The van der Waals surface area contributed by atoms with Crippen LogP contribution in [0.25, 0.3) is 0 Å². The molecule has 0 fully saturated rings. The number of nitrogens with zero attached hydrogens (tertiary/aromatic N) is 1. The molecule has 112 valence electrons. The highest BCUT2D eigenvalue weighted by Gasteiger charge is 2.41. The molecule has 0 aliphatic carbocycles. The average Bonchev–Trinajstić information content (AvgIpc) is 2.61. The first-order valence-electron chi connectivity index (χ1n) is 5.80. The Labute approximate surface area is 116 Å². The molecule has 9 heteroatoms. The van der Waals surface area contributed by atoms with E-state index >= 15 is 0 Å². The Morgan fingerprint density at radius 2 is 1.90 bits per heavy atom. The van der Waals surface area contributed by atoms with Crippen LogP contribution < -0.4 is 11.1 Å². The number of hydrogen-bond donors (Lipinski definition) is 2. The summed E-state index contributed by atoms with van der Waals surface area (Å²) in [5.41, 5.74) is 5.46. The van der Waals surface area contributed by atoms with Gasteiger partial charge < -0.3 is 11.1 Å². The van der Waals surface area contributed by atoms with Crippen molar-refractivity contribution in [1.29, 1.82) is 0 Å². The number of rotatable bonds is 3. The van der Waals surface area contributed by atoms with Crippen molar-refractivity contribution in [2.24, 2.45) is 0 Å². The van der Waals surface area contributed by atoms with Crippen molar-refractivity contribution >= 4 is 23.4 Å². The van der Waals surface area contributed by atoms with E-state index in [1.165, 1.54) is 18.2 Å². The van der Waals surface area contributed by atoms with E-state index in [9.17, 15) is 27.6 Å². The summed E-state index contributed by atoms with van der Waals surface area (Å²) in [5.74, 6) is -2.88. The molecule has 1 aromatic rings. The Morgan fingerprint density at radius 3 is 2.48 bits per heavy atom. The zero-order valence-electron chi connectivity index (χ0n) is 10.5. The number of nitrogen functional groups attached to an aromatic ring is 1. The lowest BCUT2D eigenvalue weighted by molar-refractivity contribution is -0.130. The summed E-state index contributed by atoms with van der Waals surface area (Å²) in [7, 11) is 0. The second-order valence-electron chi connectivity index (χ2n) is 4.33. The van der Waals surface area contributed by atoms with Gasteiger partial charge in [0.15, 0.2) is 0 Å². The van der Waals surface area contributed by atoms with E-state index in [1.54, 1.807) is 0 Å². The van der Waals surface area contributed by atoms with Gasteiger partial charge in [-0.1, -0.05) is 6.07 Å². The Bertz CT molecular complexity index is 628. The largest absolute Gasteiger partial charge is 0.401 e. The molecular formula is C12H10F3N3O3. The van der Waals surface area contributed by atoms with Gasteiger partial charge in [0, 0.05) is 5.69 Å². The smallest absolute Gasteiger partial charge is 0.398 e. The van der Waals surface area contributed by atoms with E-state index in [2.05, 4.69) is 0 Å². The van der Waals surface area contributed by atoms with Crippen LogP contribution in [0, 0.1) is 0 Å². The van der Waals surface area contributed by atoms with Crippen LogP contribution in [0.4, 0.5) is 18.9 Å². The number of amides is 3. The maximum Gasteiger partial charge on any atom is 0.401 e. The van der Waals surface area contributed by atoms with Gasteiger partial charge in [0.05, 0.1) is 24.2 Å². The van der Waals surface area contributed by atoms with Crippen molar-refractivity contribution in [1.82, 2.24) is 10.2 Å². The summed E-state index contributed by atoms with van der Waals surface area (Å²) < 4.78 is 35.9. The molecule has 6 nitrogen and oxygen atoms in total. The van der Waals surface area contributed by atoms with E-state index in [1.807, 2.05) is 5.32 Å². The molecule has 0 bridgehead atoms. The molecule has 0 radical (unpaired) electrons. The van der Waals surface area contributed by atoms with Gasteiger partial charge in [0.25, 0.3) is 17.7 Å². The highest BCUT2D eigenvalue weighted by Crippen LogP contribution is 2.27. The van der Waals surface area contributed by atoms with Crippen LogP contribution in [0.15, 0.2) is 18.2 Å². The fraction of sp³-hybridized carbons (Fsp3) is 0.250. The number of alkyl halides is 3. The topological polar surface area (TPSA) is 92.5 Å². The summed E-state index contributed by atoms with van der Waals surface area (Å²) in [6.45, 7) is -2.19. The molecule has 1 aliphatic heterocycles. The summed E-state index contributed by atoms with van der Waals surface area (Å²) >= 11 is 0. The molecule has 21 heavy (non-hydrogen) atoms. The maximum atomic E-state index is 12.0.